The summed E-state index contributed by atoms with van der Waals surface area (Å²) in [5, 5.41) is 7.59. The van der Waals surface area contributed by atoms with Crippen molar-refractivity contribution >= 4 is 26.6 Å². The molecule has 166 valence electrons. The zero-order valence-electron chi connectivity index (χ0n) is 17.8. The van der Waals surface area contributed by atoms with Gasteiger partial charge in [0.1, 0.15) is 9.84 Å². The first-order valence-electron chi connectivity index (χ1n) is 10.6. The second kappa shape index (κ2) is 8.84. The van der Waals surface area contributed by atoms with Crippen LogP contribution in [0.25, 0.3) is 16.6 Å². The molecular formula is C22H29N5O3S. The van der Waals surface area contributed by atoms with Gasteiger partial charge in [0.2, 0.25) is 0 Å². The van der Waals surface area contributed by atoms with Crippen molar-refractivity contribution in [3.8, 4) is 5.69 Å². The molecule has 0 radical (unpaired) electrons. The summed E-state index contributed by atoms with van der Waals surface area (Å²) in [6.07, 6.45) is 11.9. The summed E-state index contributed by atoms with van der Waals surface area (Å²) in [6, 6.07) is 6.19. The van der Waals surface area contributed by atoms with Gasteiger partial charge < -0.3 is 20.2 Å². The lowest BCUT2D eigenvalue weighted by Crippen LogP contribution is -2.46. The highest BCUT2D eigenvalue weighted by molar-refractivity contribution is 7.90. The zero-order chi connectivity index (χ0) is 22.0. The number of rotatable bonds is 7. The largest absolute Gasteiger partial charge is 0.361 e. The van der Waals surface area contributed by atoms with Gasteiger partial charge >= 0.3 is 0 Å². The molecule has 1 fully saturated rings. The number of nitrogens with zero attached hydrogens (tertiary/aromatic N) is 2. The molecule has 1 amide bonds. The first-order chi connectivity index (χ1) is 14.8. The molecule has 9 heteroatoms. The van der Waals surface area contributed by atoms with E-state index in [-0.39, 0.29) is 29.8 Å². The molecule has 1 aliphatic carbocycles. The average molecular weight is 444 g/mol. The number of sulfone groups is 1. The number of amides is 1. The van der Waals surface area contributed by atoms with Crippen LogP contribution in [0.1, 0.15) is 43.0 Å². The Hall–Kier alpha value is -2.65. The maximum absolute atomic E-state index is 13.1. The highest BCUT2D eigenvalue weighted by Crippen LogP contribution is 2.24. The fourth-order valence-corrected chi connectivity index (χ4v) is 5.47. The van der Waals surface area contributed by atoms with E-state index in [4.69, 9.17) is 0 Å². The summed E-state index contributed by atoms with van der Waals surface area (Å²) in [6.45, 7) is 1.91. The van der Waals surface area contributed by atoms with Gasteiger partial charge in [-0.05, 0) is 50.8 Å². The summed E-state index contributed by atoms with van der Waals surface area (Å²) < 4.78 is 24.8. The number of carbonyl (C=O) groups is 1. The van der Waals surface area contributed by atoms with Gasteiger partial charge in [-0.25, -0.2) is 13.4 Å². The van der Waals surface area contributed by atoms with Gasteiger partial charge in [0.05, 0.1) is 23.2 Å². The Morgan fingerprint density at radius 3 is 2.68 bits per heavy atom. The number of hydrogen-bond acceptors (Lipinski definition) is 5. The monoisotopic (exact) mass is 443 g/mol. The first kappa shape index (κ1) is 21.6. The average Bonchev–Trinajstić information content (AvgIpc) is 3.39. The minimum Gasteiger partial charge on any atom is -0.361 e. The Morgan fingerprint density at radius 2 is 2.00 bits per heavy atom. The molecule has 3 N–H and O–H groups in total. The van der Waals surface area contributed by atoms with E-state index in [1.807, 2.05) is 42.1 Å². The van der Waals surface area contributed by atoms with Crippen molar-refractivity contribution in [3.05, 3.63) is 48.7 Å². The molecule has 2 aromatic heterocycles. The van der Waals surface area contributed by atoms with E-state index >= 15 is 0 Å². The third-order valence-corrected chi connectivity index (χ3v) is 6.93. The Labute approximate surface area is 182 Å². The number of fused-ring (bicyclic) bond motifs is 1. The van der Waals surface area contributed by atoms with Crippen LogP contribution in [0.15, 0.2) is 43.1 Å². The SMILES string of the molecule is C[C@H](CS(C)(=O)=O)N[C@H]1CC[C@H](NC(=O)c2cc(-n3ccnc3)cc3cc[nH]c23)CC1. The Bertz CT molecular complexity index is 1150. The number of aromatic nitrogens is 3. The topological polar surface area (TPSA) is 109 Å². The molecule has 1 aromatic carbocycles. The third-order valence-electron chi connectivity index (χ3n) is 5.83. The molecule has 8 nitrogen and oxygen atoms in total. The van der Waals surface area contributed by atoms with Gasteiger partial charge in [0, 0.05) is 54.0 Å². The van der Waals surface area contributed by atoms with Crippen LogP contribution >= 0.6 is 0 Å². The van der Waals surface area contributed by atoms with E-state index in [1.165, 1.54) is 6.26 Å². The molecule has 31 heavy (non-hydrogen) atoms. The van der Waals surface area contributed by atoms with Crippen LogP contribution in [0.5, 0.6) is 0 Å². The number of aromatic amines is 1. The molecule has 0 aliphatic heterocycles. The van der Waals surface area contributed by atoms with Gasteiger partial charge in [0.15, 0.2) is 0 Å². The maximum Gasteiger partial charge on any atom is 0.253 e. The minimum absolute atomic E-state index is 0.0711. The minimum atomic E-state index is -2.99. The maximum atomic E-state index is 13.1. The molecule has 4 rings (SSSR count). The van der Waals surface area contributed by atoms with E-state index in [2.05, 4.69) is 20.6 Å². The second-order valence-corrected chi connectivity index (χ2v) is 10.8. The Balaban J connectivity index is 1.40. The molecule has 0 bridgehead atoms. The highest BCUT2D eigenvalue weighted by Gasteiger charge is 2.25. The molecule has 3 aromatic rings. The lowest BCUT2D eigenvalue weighted by Gasteiger charge is -2.31. The number of imidazole rings is 1. The van der Waals surface area contributed by atoms with Crippen LogP contribution in [0.4, 0.5) is 0 Å². The van der Waals surface area contributed by atoms with Gasteiger partial charge in [-0.2, -0.15) is 0 Å². The second-order valence-electron chi connectivity index (χ2n) is 8.59. The van der Waals surface area contributed by atoms with Crippen LogP contribution in [0, 0.1) is 0 Å². The summed E-state index contributed by atoms with van der Waals surface area (Å²) in [4.78, 5) is 20.4. The molecule has 0 unspecified atom stereocenters. The van der Waals surface area contributed by atoms with E-state index in [1.54, 1.807) is 12.5 Å². The van der Waals surface area contributed by atoms with Crippen molar-refractivity contribution in [1.82, 2.24) is 25.2 Å². The van der Waals surface area contributed by atoms with Crippen molar-refractivity contribution in [2.45, 2.75) is 50.7 Å². The van der Waals surface area contributed by atoms with Crippen molar-refractivity contribution < 1.29 is 13.2 Å². The summed E-state index contributed by atoms with van der Waals surface area (Å²) >= 11 is 0. The van der Waals surface area contributed by atoms with Gasteiger partial charge in [0.25, 0.3) is 5.91 Å². The first-order valence-corrected chi connectivity index (χ1v) is 12.7. The van der Waals surface area contributed by atoms with Gasteiger partial charge in [-0.1, -0.05) is 0 Å². The predicted octanol–water partition coefficient (Wildman–Crippen LogP) is 2.42. The van der Waals surface area contributed by atoms with Crippen LogP contribution in [0.2, 0.25) is 0 Å². The number of carbonyl (C=O) groups excluding carboxylic acids is 1. The van der Waals surface area contributed by atoms with E-state index in [0.717, 1.165) is 42.3 Å². The Morgan fingerprint density at radius 1 is 1.26 bits per heavy atom. The van der Waals surface area contributed by atoms with Crippen LogP contribution in [-0.2, 0) is 9.84 Å². The van der Waals surface area contributed by atoms with Crippen LogP contribution in [-0.4, -0.2) is 59.0 Å². The predicted molar refractivity (Wildman–Crippen MR) is 121 cm³/mol. The van der Waals surface area contributed by atoms with E-state index < -0.39 is 9.84 Å². The standard InChI is InChI=1S/C22H29N5O3S/c1-15(13-31(2,29)30)25-17-3-5-18(6-4-17)26-22(28)20-12-19(27-10-9-23-14-27)11-16-7-8-24-21(16)20/h7-12,14-15,17-18,24-25H,3-6,13H2,1-2H3,(H,26,28)/t15-,17-,18-/m1/s1. The summed E-state index contributed by atoms with van der Waals surface area (Å²) in [5.41, 5.74) is 2.34. The number of H-pyrrole nitrogens is 1. The lowest BCUT2D eigenvalue weighted by molar-refractivity contribution is 0.0925. The summed E-state index contributed by atoms with van der Waals surface area (Å²) in [7, 11) is -2.99. The van der Waals surface area contributed by atoms with Crippen LogP contribution < -0.4 is 10.6 Å². The quantitative estimate of drug-likeness (QED) is 0.520. The number of nitrogens with one attached hydrogen (secondary N) is 3. The molecule has 1 aliphatic rings. The van der Waals surface area contributed by atoms with E-state index in [0.29, 0.717) is 5.56 Å². The molecule has 2 heterocycles. The highest BCUT2D eigenvalue weighted by atomic mass is 32.2. The van der Waals surface area contributed by atoms with Crippen molar-refractivity contribution in [2.24, 2.45) is 0 Å². The van der Waals surface area contributed by atoms with Gasteiger partial charge in [-0.3, -0.25) is 4.79 Å². The molecular weight excluding hydrogens is 414 g/mol. The third kappa shape index (κ3) is 5.34. The van der Waals surface area contributed by atoms with Crippen LogP contribution in [0.3, 0.4) is 0 Å². The van der Waals surface area contributed by atoms with E-state index in [9.17, 15) is 13.2 Å². The molecule has 0 saturated heterocycles. The van der Waals surface area contributed by atoms with Crippen molar-refractivity contribution in [2.75, 3.05) is 12.0 Å². The number of hydrogen-bond donors (Lipinski definition) is 3. The Kier molecular flexibility index (Phi) is 6.15. The molecule has 1 saturated carbocycles. The zero-order valence-corrected chi connectivity index (χ0v) is 18.7. The molecule has 0 spiro atoms. The summed E-state index contributed by atoms with van der Waals surface area (Å²) in [5.74, 6) is 0.0551. The van der Waals surface area contributed by atoms with Crippen molar-refractivity contribution in [1.29, 1.82) is 0 Å². The fourth-order valence-electron chi connectivity index (χ4n) is 4.47. The lowest BCUT2D eigenvalue weighted by atomic mass is 9.90. The number of benzene rings is 1. The smallest absolute Gasteiger partial charge is 0.253 e. The fraction of sp³-hybridized carbons (Fsp3) is 0.455. The van der Waals surface area contributed by atoms with Gasteiger partial charge in [-0.15, -0.1) is 0 Å². The van der Waals surface area contributed by atoms with Crippen molar-refractivity contribution in [3.63, 3.8) is 0 Å². The molecule has 1 atom stereocenters. The normalized spacial score (nSPS) is 20.6.